The van der Waals surface area contributed by atoms with Crippen LogP contribution in [0.5, 0.6) is 0 Å². The monoisotopic (exact) mass is 302 g/mol. The van der Waals surface area contributed by atoms with Gasteiger partial charge in [0, 0.05) is 39.2 Å². The molecule has 0 aromatic carbocycles. The second-order valence-electron chi connectivity index (χ2n) is 5.90. The van der Waals surface area contributed by atoms with Gasteiger partial charge >= 0.3 is 0 Å². The molecule has 1 rings (SSSR count). The molecule has 1 unspecified atom stereocenters. The first-order valence-corrected chi connectivity index (χ1v) is 8.21. The van der Waals surface area contributed by atoms with Crippen LogP contribution in [0.1, 0.15) is 34.6 Å². The van der Waals surface area contributed by atoms with Crippen molar-refractivity contribution in [3.63, 3.8) is 0 Å². The normalized spacial score (nSPS) is 17.9. The van der Waals surface area contributed by atoms with Crippen LogP contribution in [0.15, 0.2) is 60.1 Å². The molecule has 2 heteroatoms. The van der Waals surface area contributed by atoms with Gasteiger partial charge in [-0.05, 0) is 35.1 Å². The minimum absolute atomic E-state index is 0.466. The zero-order valence-electron chi connectivity index (χ0n) is 15.7. The van der Waals surface area contributed by atoms with E-state index in [0.717, 1.165) is 0 Å². The molecule has 2 nitrogen and oxygen atoms in total. The lowest BCUT2D eigenvalue weighted by molar-refractivity contribution is 0.462. The van der Waals surface area contributed by atoms with E-state index >= 15 is 0 Å². The first-order valence-electron chi connectivity index (χ1n) is 8.21. The summed E-state index contributed by atoms with van der Waals surface area (Å²) in [7, 11) is 6.19. The smallest absolute Gasteiger partial charge is 0.0445 e. The molecular formula is C20H34N2. The van der Waals surface area contributed by atoms with Gasteiger partial charge in [-0.3, -0.25) is 0 Å². The average Bonchev–Trinajstić information content (AvgIpc) is 2.49. The van der Waals surface area contributed by atoms with Gasteiger partial charge in [-0.25, -0.2) is 0 Å². The molecule has 0 amide bonds. The Morgan fingerprint density at radius 2 is 1.77 bits per heavy atom. The second-order valence-corrected chi connectivity index (χ2v) is 5.90. The molecule has 0 spiro atoms. The van der Waals surface area contributed by atoms with E-state index in [2.05, 4.69) is 74.8 Å². The van der Waals surface area contributed by atoms with Crippen LogP contribution in [0.25, 0.3) is 0 Å². The lowest BCUT2D eigenvalue weighted by Gasteiger charge is -2.29. The van der Waals surface area contributed by atoms with Gasteiger partial charge in [-0.2, -0.15) is 0 Å². The van der Waals surface area contributed by atoms with Crippen LogP contribution in [0.4, 0.5) is 0 Å². The molecule has 0 saturated heterocycles. The molecule has 124 valence electrons. The van der Waals surface area contributed by atoms with Crippen molar-refractivity contribution in [2.75, 3.05) is 21.1 Å². The first kappa shape index (κ1) is 20.3. The molecule has 0 N–H and O–H groups in total. The standard InChI is InChI=1S/C18H28N2.C2H6/c1-8-16(13-19(5)6)18(15(4)14(2)3)17-11-9-10-12-20(17)7;1-2/h8-15H,1H2,2-7H3;1-2H3/b16-13+,18-17+;. The van der Waals surface area contributed by atoms with E-state index in [-0.39, 0.29) is 0 Å². The Labute approximate surface area is 138 Å². The zero-order chi connectivity index (χ0) is 17.3. The fourth-order valence-corrected chi connectivity index (χ4v) is 2.29. The molecule has 22 heavy (non-hydrogen) atoms. The van der Waals surface area contributed by atoms with Crippen molar-refractivity contribution in [1.82, 2.24) is 9.80 Å². The molecule has 1 aliphatic heterocycles. The summed E-state index contributed by atoms with van der Waals surface area (Å²) < 4.78 is 0. The van der Waals surface area contributed by atoms with Crippen LogP contribution < -0.4 is 0 Å². The summed E-state index contributed by atoms with van der Waals surface area (Å²) in [6, 6.07) is 0. The molecule has 0 aromatic heterocycles. The topological polar surface area (TPSA) is 6.48 Å². The fraction of sp³-hybridized carbons (Fsp3) is 0.500. The summed E-state index contributed by atoms with van der Waals surface area (Å²) in [5, 5.41) is 0. The SMILES string of the molecule is C=CC(=C\N(C)C)/C(=C1\C=CC=CN1C)C(C)C(C)C.CC. The quantitative estimate of drug-likeness (QED) is 0.644. The van der Waals surface area contributed by atoms with E-state index in [4.69, 9.17) is 0 Å². The van der Waals surface area contributed by atoms with Crippen molar-refractivity contribution in [2.24, 2.45) is 11.8 Å². The Balaban J connectivity index is 0.00000211. The minimum atomic E-state index is 0.466. The second kappa shape index (κ2) is 10.1. The minimum Gasteiger partial charge on any atom is -0.383 e. The number of rotatable bonds is 5. The molecular weight excluding hydrogens is 268 g/mol. The van der Waals surface area contributed by atoms with E-state index in [1.165, 1.54) is 16.8 Å². The van der Waals surface area contributed by atoms with Crippen molar-refractivity contribution in [3.05, 3.63) is 60.1 Å². The first-order chi connectivity index (χ1) is 10.4. The fourth-order valence-electron chi connectivity index (χ4n) is 2.29. The van der Waals surface area contributed by atoms with E-state index < -0.39 is 0 Å². The lowest BCUT2D eigenvalue weighted by Crippen LogP contribution is -2.20. The highest BCUT2D eigenvalue weighted by Gasteiger charge is 2.21. The Bertz CT molecular complexity index is 462. The van der Waals surface area contributed by atoms with Gasteiger partial charge < -0.3 is 9.80 Å². The molecule has 0 bridgehead atoms. The predicted octanol–water partition coefficient (Wildman–Crippen LogP) is 5.21. The third kappa shape index (κ3) is 5.59. The Hall–Kier alpha value is -1.70. The molecule has 1 aliphatic rings. The van der Waals surface area contributed by atoms with Crippen molar-refractivity contribution >= 4 is 0 Å². The number of hydrogen-bond donors (Lipinski definition) is 0. The van der Waals surface area contributed by atoms with E-state index in [9.17, 15) is 0 Å². The van der Waals surface area contributed by atoms with E-state index in [1.54, 1.807) is 0 Å². The predicted molar refractivity (Wildman–Crippen MR) is 100 cm³/mol. The van der Waals surface area contributed by atoms with Crippen molar-refractivity contribution < 1.29 is 0 Å². The summed E-state index contributed by atoms with van der Waals surface area (Å²) in [6.45, 7) is 14.8. The van der Waals surface area contributed by atoms with Gasteiger partial charge in [-0.15, -0.1) is 0 Å². The van der Waals surface area contributed by atoms with Gasteiger partial charge in [0.1, 0.15) is 0 Å². The highest BCUT2D eigenvalue weighted by atomic mass is 15.1. The summed E-state index contributed by atoms with van der Waals surface area (Å²) in [5.74, 6) is 1.04. The molecule has 0 saturated carbocycles. The number of likely N-dealkylation sites (N-methyl/N-ethyl adjacent to an activating group) is 1. The maximum absolute atomic E-state index is 4.01. The largest absolute Gasteiger partial charge is 0.383 e. The van der Waals surface area contributed by atoms with E-state index in [1.807, 2.05) is 34.0 Å². The zero-order valence-corrected chi connectivity index (χ0v) is 15.7. The molecule has 0 aromatic rings. The van der Waals surface area contributed by atoms with Crippen molar-refractivity contribution in [3.8, 4) is 0 Å². The van der Waals surface area contributed by atoms with Gasteiger partial charge in [0.15, 0.2) is 0 Å². The summed E-state index contributed by atoms with van der Waals surface area (Å²) in [6.07, 6.45) is 12.5. The maximum atomic E-state index is 4.01. The van der Waals surface area contributed by atoms with Crippen LogP contribution in [-0.2, 0) is 0 Å². The Kier molecular flexibility index (Phi) is 9.32. The van der Waals surface area contributed by atoms with Gasteiger partial charge in [0.05, 0.1) is 0 Å². The average molecular weight is 303 g/mol. The molecule has 1 atom stereocenters. The van der Waals surface area contributed by atoms with Crippen molar-refractivity contribution in [1.29, 1.82) is 0 Å². The van der Waals surface area contributed by atoms with Crippen LogP contribution in [-0.4, -0.2) is 30.9 Å². The van der Waals surface area contributed by atoms with Crippen molar-refractivity contribution in [2.45, 2.75) is 34.6 Å². The van der Waals surface area contributed by atoms with Gasteiger partial charge in [0.25, 0.3) is 0 Å². The maximum Gasteiger partial charge on any atom is 0.0445 e. The lowest BCUT2D eigenvalue weighted by atomic mass is 9.83. The highest BCUT2D eigenvalue weighted by molar-refractivity contribution is 5.47. The van der Waals surface area contributed by atoms with Crippen LogP contribution in [0.3, 0.4) is 0 Å². The van der Waals surface area contributed by atoms with Gasteiger partial charge in [0.2, 0.25) is 0 Å². The number of allylic oxidation sites excluding steroid dienone is 6. The Morgan fingerprint density at radius 3 is 2.18 bits per heavy atom. The molecule has 0 aliphatic carbocycles. The summed E-state index contributed by atoms with van der Waals surface area (Å²) in [4.78, 5) is 4.26. The summed E-state index contributed by atoms with van der Waals surface area (Å²) >= 11 is 0. The molecule has 0 fully saturated rings. The van der Waals surface area contributed by atoms with Crippen LogP contribution in [0, 0.1) is 11.8 Å². The summed E-state index contributed by atoms with van der Waals surface area (Å²) in [5.41, 5.74) is 3.80. The number of hydrogen-bond acceptors (Lipinski definition) is 2. The molecule has 1 heterocycles. The molecule has 0 radical (unpaired) electrons. The Morgan fingerprint density at radius 1 is 1.18 bits per heavy atom. The third-order valence-corrected chi connectivity index (χ3v) is 3.71. The van der Waals surface area contributed by atoms with Crippen LogP contribution in [0.2, 0.25) is 0 Å². The number of nitrogens with zero attached hydrogens (tertiary/aromatic N) is 2. The van der Waals surface area contributed by atoms with Gasteiger partial charge in [-0.1, -0.05) is 53.3 Å². The van der Waals surface area contributed by atoms with Crippen LogP contribution >= 0.6 is 0 Å². The van der Waals surface area contributed by atoms with E-state index in [0.29, 0.717) is 11.8 Å². The third-order valence-electron chi connectivity index (χ3n) is 3.71. The highest BCUT2D eigenvalue weighted by Crippen LogP contribution is 2.32.